The first-order chi connectivity index (χ1) is 8.13. The molecule has 1 aromatic rings. The number of rotatable bonds is 2. The molecule has 1 saturated heterocycles. The van der Waals surface area contributed by atoms with E-state index >= 15 is 0 Å². The Morgan fingerprint density at radius 3 is 2.94 bits per heavy atom. The van der Waals surface area contributed by atoms with Crippen LogP contribution in [0.2, 0.25) is 0 Å². The molecule has 1 aromatic carbocycles. The lowest BCUT2D eigenvalue weighted by Crippen LogP contribution is -2.24. The molecule has 1 aliphatic heterocycles. The van der Waals surface area contributed by atoms with Gasteiger partial charge in [-0.2, -0.15) is 5.26 Å². The van der Waals surface area contributed by atoms with Crippen LogP contribution in [0, 0.1) is 17.2 Å². The molecule has 2 atom stereocenters. The predicted octanol–water partition coefficient (Wildman–Crippen LogP) is 1.35. The number of aliphatic hydroxyl groups excluding tert-OH is 1. The second-order valence-corrected chi connectivity index (χ2v) is 4.59. The van der Waals surface area contributed by atoms with Crippen molar-refractivity contribution in [1.82, 2.24) is 0 Å². The largest absolute Gasteiger partial charge is 0.396 e. The van der Waals surface area contributed by atoms with Crippen molar-refractivity contribution in [2.24, 2.45) is 5.92 Å². The van der Waals surface area contributed by atoms with Crippen molar-refractivity contribution < 1.29 is 5.11 Å². The summed E-state index contributed by atoms with van der Waals surface area (Å²) in [6.45, 7) is 3.51. The number of nitrogen functional groups attached to an aromatic ring is 1. The summed E-state index contributed by atoms with van der Waals surface area (Å²) in [5.41, 5.74) is 7.94. The second kappa shape index (κ2) is 4.64. The van der Waals surface area contributed by atoms with Gasteiger partial charge in [0, 0.05) is 19.0 Å². The zero-order valence-electron chi connectivity index (χ0n) is 9.93. The zero-order chi connectivity index (χ0) is 12.4. The van der Waals surface area contributed by atoms with E-state index in [9.17, 15) is 5.11 Å². The van der Waals surface area contributed by atoms with Gasteiger partial charge in [0.2, 0.25) is 0 Å². The van der Waals surface area contributed by atoms with Crippen LogP contribution < -0.4 is 10.6 Å². The third kappa shape index (κ3) is 2.20. The van der Waals surface area contributed by atoms with E-state index in [1.54, 1.807) is 6.07 Å². The Morgan fingerprint density at radius 1 is 1.59 bits per heavy atom. The molecule has 1 fully saturated rings. The monoisotopic (exact) mass is 231 g/mol. The van der Waals surface area contributed by atoms with Crippen molar-refractivity contribution in [3.05, 3.63) is 23.8 Å². The summed E-state index contributed by atoms with van der Waals surface area (Å²) >= 11 is 0. The summed E-state index contributed by atoms with van der Waals surface area (Å²) in [6.07, 6.45) is 0.675. The molecule has 90 valence electrons. The molecule has 4 nitrogen and oxygen atoms in total. The maximum absolute atomic E-state index is 9.58. The van der Waals surface area contributed by atoms with E-state index in [2.05, 4.69) is 11.0 Å². The van der Waals surface area contributed by atoms with E-state index in [1.165, 1.54) is 0 Å². The fourth-order valence-electron chi connectivity index (χ4n) is 2.33. The highest BCUT2D eigenvalue weighted by Crippen LogP contribution is 2.31. The Morgan fingerprint density at radius 2 is 2.35 bits per heavy atom. The molecule has 0 bridgehead atoms. The van der Waals surface area contributed by atoms with E-state index in [0.717, 1.165) is 25.2 Å². The third-order valence-electron chi connectivity index (χ3n) is 3.45. The first-order valence-electron chi connectivity index (χ1n) is 5.85. The molecule has 4 heteroatoms. The van der Waals surface area contributed by atoms with Crippen LogP contribution in [-0.4, -0.2) is 24.3 Å². The summed E-state index contributed by atoms with van der Waals surface area (Å²) in [5.74, 6) is 0.292. The highest BCUT2D eigenvalue weighted by molar-refractivity contribution is 5.74. The molecule has 1 aliphatic rings. The lowest BCUT2D eigenvalue weighted by Gasteiger charge is -2.21. The Bertz CT molecular complexity index is 450. The Balaban J connectivity index is 2.23. The molecule has 0 aliphatic carbocycles. The van der Waals surface area contributed by atoms with Crippen molar-refractivity contribution in [2.75, 3.05) is 23.7 Å². The summed E-state index contributed by atoms with van der Waals surface area (Å²) in [6, 6.07) is 7.59. The minimum Gasteiger partial charge on any atom is -0.396 e. The highest BCUT2D eigenvalue weighted by Gasteiger charge is 2.27. The van der Waals surface area contributed by atoms with Gasteiger partial charge >= 0.3 is 0 Å². The van der Waals surface area contributed by atoms with Gasteiger partial charge < -0.3 is 15.7 Å². The van der Waals surface area contributed by atoms with E-state index in [1.807, 2.05) is 19.1 Å². The van der Waals surface area contributed by atoms with Gasteiger partial charge in [0.15, 0.2) is 0 Å². The fraction of sp³-hybridized carbons (Fsp3) is 0.462. The SMILES string of the molecule is CC(O)C1CCN(c2cccc(C#N)c2N)C1. The van der Waals surface area contributed by atoms with Crippen LogP contribution >= 0.6 is 0 Å². The molecule has 0 spiro atoms. The van der Waals surface area contributed by atoms with Crippen LogP contribution in [-0.2, 0) is 0 Å². The normalized spacial score (nSPS) is 21.2. The molecule has 2 unspecified atom stereocenters. The molecular weight excluding hydrogens is 214 g/mol. The number of nitrogens with zero attached hydrogens (tertiary/aromatic N) is 2. The summed E-state index contributed by atoms with van der Waals surface area (Å²) in [5, 5.41) is 18.5. The number of hydrogen-bond donors (Lipinski definition) is 2. The first kappa shape index (κ1) is 11.7. The minimum atomic E-state index is -0.291. The molecule has 0 radical (unpaired) electrons. The quantitative estimate of drug-likeness (QED) is 0.753. The molecule has 0 amide bonds. The van der Waals surface area contributed by atoms with E-state index in [4.69, 9.17) is 11.0 Å². The van der Waals surface area contributed by atoms with Crippen LogP contribution in [0.3, 0.4) is 0 Å². The van der Waals surface area contributed by atoms with Crippen LogP contribution in [0.5, 0.6) is 0 Å². The summed E-state index contributed by atoms with van der Waals surface area (Å²) < 4.78 is 0. The number of hydrogen-bond acceptors (Lipinski definition) is 4. The number of benzene rings is 1. The van der Waals surface area contributed by atoms with Gasteiger partial charge in [-0.15, -0.1) is 0 Å². The number of nitrogens with two attached hydrogens (primary N) is 1. The lowest BCUT2D eigenvalue weighted by atomic mass is 10.0. The average Bonchev–Trinajstić information content (AvgIpc) is 2.78. The molecule has 2 rings (SSSR count). The zero-order valence-corrected chi connectivity index (χ0v) is 9.93. The molecular formula is C13H17N3O. The summed E-state index contributed by atoms with van der Waals surface area (Å²) in [4.78, 5) is 2.15. The van der Waals surface area contributed by atoms with Crippen molar-refractivity contribution in [3.8, 4) is 6.07 Å². The molecule has 17 heavy (non-hydrogen) atoms. The van der Waals surface area contributed by atoms with Crippen molar-refractivity contribution >= 4 is 11.4 Å². The van der Waals surface area contributed by atoms with E-state index in [0.29, 0.717) is 17.2 Å². The van der Waals surface area contributed by atoms with Crippen molar-refractivity contribution in [3.63, 3.8) is 0 Å². The van der Waals surface area contributed by atoms with E-state index in [-0.39, 0.29) is 6.10 Å². The Kier molecular flexibility index (Phi) is 3.21. The summed E-state index contributed by atoms with van der Waals surface area (Å²) in [7, 11) is 0. The smallest absolute Gasteiger partial charge is 0.101 e. The van der Waals surface area contributed by atoms with Gasteiger partial charge in [-0.3, -0.25) is 0 Å². The standard InChI is InChI=1S/C13H17N3O/c1-9(17)11-5-6-16(8-11)12-4-2-3-10(7-14)13(12)15/h2-4,9,11,17H,5-6,8,15H2,1H3. The van der Waals surface area contributed by atoms with Crippen LogP contribution in [0.1, 0.15) is 18.9 Å². The maximum Gasteiger partial charge on any atom is 0.101 e. The minimum absolute atomic E-state index is 0.291. The third-order valence-corrected chi connectivity index (χ3v) is 3.45. The lowest BCUT2D eigenvalue weighted by molar-refractivity contribution is 0.136. The molecule has 1 heterocycles. The van der Waals surface area contributed by atoms with Crippen LogP contribution in [0.15, 0.2) is 18.2 Å². The molecule has 0 saturated carbocycles. The number of aliphatic hydroxyl groups is 1. The molecule has 0 aromatic heterocycles. The topological polar surface area (TPSA) is 73.3 Å². The van der Waals surface area contributed by atoms with Gasteiger partial charge in [0.1, 0.15) is 6.07 Å². The van der Waals surface area contributed by atoms with Crippen molar-refractivity contribution in [2.45, 2.75) is 19.4 Å². The molecule has 3 N–H and O–H groups in total. The second-order valence-electron chi connectivity index (χ2n) is 4.59. The fourth-order valence-corrected chi connectivity index (χ4v) is 2.33. The number of nitriles is 1. The van der Waals surface area contributed by atoms with Gasteiger partial charge in [-0.05, 0) is 25.5 Å². The predicted molar refractivity (Wildman–Crippen MR) is 67.6 cm³/mol. The van der Waals surface area contributed by atoms with E-state index < -0.39 is 0 Å². The first-order valence-corrected chi connectivity index (χ1v) is 5.85. The number of anilines is 2. The van der Waals surface area contributed by atoms with Gasteiger partial charge in [-0.25, -0.2) is 0 Å². The Hall–Kier alpha value is -1.73. The van der Waals surface area contributed by atoms with Gasteiger partial charge in [0.25, 0.3) is 0 Å². The maximum atomic E-state index is 9.58. The van der Waals surface area contributed by atoms with Gasteiger partial charge in [-0.1, -0.05) is 6.07 Å². The van der Waals surface area contributed by atoms with Crippen LogP contribution in [0.4, 0.5) is 11.4 Å². The highest BCUT2D eigenvalue weighted by atomic mass is 16.3. The average molecular weight is 231 g/mol. The van der Waals surface area contributed by atoms with Crippen molar-refractivity contribution in [1.29, 1.82) is 5.26 Å². The number of para-hydroxylation sites is 1. The van der Waals surface area contributed by atoms with Gasteiger partial charge in [0.05, 0.1) is 23.0 Å². The Labute approximate surface area is 101 Å². The van der Waals surface area contributed by atoms with Crippen LogP contribution in [0.25, 0.3) is 0 Å².